The average molecular weight is 356 g/mol. The maximum atomic E-state index is 14.0. The Balaban J connectivity index is 2.10. The topological polar surface area (TPSA) is 21.3 Å². The van der Waals surface area contributed by atoms with Crippen LogP contribution in [-0.4, -0.2) is 6.54 Å². The number of hydrogen-bond donors (Lipinski definition) is 1. The molecule has 2 aromatic rings. The maximum absolute atomic E-state index is 14.0. The Bertz CT molecular complexity index is 619. The van der Waals surface area contributed by atoms with Gasteiger partial charge in [0.05, 0.1) is 4.47 Å². The molecule has 2 rings (SSSR count). The van der Waals surface area contributed by atoms with E-state index in [0.717, 1.165) is 18.5 Å². The van der Waals surface area contributed by atoms with Crippen LogP contribution in [0.25, 0.3) is 0 Å². The first-order chi connectivity index (χ1) is 10.1. The van der Waals surface area contributed by atoms with Crippen LogP contribution in [0.3, 0.4) is 0 Å². The van der Waals surface area contributed by atoms with Gasteiger partial charge in [-0.05, 0) is 64.8 Å². The second-order valence-corrected chi connectivity index (χ2v) is 5.47. The van der Waals surface area contributed by atoms with Crippen LogP contribution in [0.1, 0.15) is 18.9 Å². The van der Waals surface area contributed by atoms with Crippen molar-refractivity contribution in [2.24, 2.45) is 0 Å². The normalized spacial score (nSPS) is 10.7. The Kier molecular flexibility index (Phi) is 5.70. The molecule has 112 valence electrons. The summed E-state index contributed by atoms with van der Waals surface area (Å²) in [6.45, 7) is 3.58. The minimum Gasteiger partial charge on any atom is -0.453 e. The molecule has 21 heavy (non-hydrogen) atoms. The molecule has 5 heteroatoms. The summed E-state index contributed by atoms with van der Waals surface area (Å²) in [5.41, 5.74) is 0.853. The van der Waals surface area contributed by atoms with E-state index in [4.69, 9.17) is 4.74 Å². The zero-order valence-corrected chi connectivity index (χ0v) is 13.2. The molecule has 0 fully saturated rings. The number of nitrogens with one attached hydrogen (secondary N) is 1. The molecular formula is C16H16BrF2NO. The van der Waals surface area contributed by atoms with Gasteiger partial charge in [0.1, 0.15) is 11.6 Å². The molecule has 0 bridgehead atoms. The zero-order chi connectivity index (χ0) is 15.2. The quantitative estimate of drug-likeness (QED) is 0.734. The number of benzene rings is 2. The highest BCUT2D eigenvalue weighted by atomic mass is 79.9. The summed E-state index contributed by atoms with van der Waals surface area (Å²) in [6, 6.07) is 8.81. The summed E-state index contributed by atoms with van der Waals surface area (Å²) >= 11 is 3.19. The van der Waals surface area contributed by atoms with Crippen molar-refractivity contribution >= 4 is 15.9 Å². The summed E-state index contributed by atoms with van der Waals surface area (Å²) in [4.78, 5) is 0. The Morgan fingerprint density at radius 3 is 2.52 bits per heavy atom. The Hall–Kier alpha value is -1.46. The summed E-state index contributed by atoms with van der Waals surface area (Å²) in [6.07, 6.45) is 1.03. The minimum atomic E-state index is -0.443. The molecule has 0 aliphatic heterocycles. The van der Waals surface area contributed by atoms with Crippen molar-refractivity contribution in [2.75, 3.05) is 6.54 Å². The SMILES string of the molecule is CCCNCc1ccc(Oc2ccc(F)cc2Br)c(F)c1. The average Bonchev–Trinajstić information content (AvgIpc) is 2.44. The predicted molar refractivity (Wildman–Crippen MR) is 82.6 cm³/mol. The van der Waals surface area contributed by atoms with E-state index in [1.54, 1.807) is 12.1 Å². The first kappa shape index (κ1) is 15.9. The third-order valence-corrected chi connectivity index (χ3v) is 3.49. The summed E-state index contributed by atoms with van der Waals surface area (Å²) in [7, 11) is 0. The molecule has 0 heterocycles. The highest BCUT2D eigenvalue weighted by molar-refractivity contribution is 9.10. The van der Waals surface area contributed by atoms with E-state index in [1.165, 1.54) is 24.3 Å². The van der Waals surface area contributed by atoms with Gasteiger partial charge in [0.15, 0.2) is 11.6 Å². The lowest BCUT2D eigenvalue weighted by molar-refractivity contribution is 0.438. The van der Waals surface area contributed by atoms with E-state index < -0.39 is 5.82 Å². The van der Waals surface area contributed by atoms with Gasteiger partial charge in [-0.1, -0.05) is 13.0 Å². The van der Waals surface area contributed by atoms with E-state index >= 15 is 0 Å². The second kappa shape index (κ2) is 7.52. The van der Waals surface area contributed by atoms with Crippen LogP contribution in [-0.2, 0) is 6.54 Å². The van der Waals surface area contributed by atoms with E-state index in [0.29, 0.717) is 16.8 Å². The Morgan fingerprint density at radius 2 is 1.86 bits per heavy atom. The van der Waals surface area contributed by atoms with E-state index in [1.807, 2.05) is 0 Å². The first-order valence-corrected chi connectivity index (χ1v) is 7.51. The van der Waals surface area contributed by atoms with Crippen molar-refractivity contribution in [1.29, 1.82) is 0 Å². The highest BCUT2D eigenvalue weighted by Crippen LogP contribution is 2.31. The molecule has 2 aromatic carbocycles. The molecule has 1 N–H and O–H groups in total. The Labute approximate surface area is 131 Å². The van der Waals surface area contributed by atoms with Gasteiger partial charge in [0.2, 0.25) is 0 Å². The monoisotopic (exact) mass is 355 g/mol. The van der Waals surface area contributed by atoms with Gasteiger partial charge < -0.3 is 10.1 Å². The molecule has 0 saturated carbocycles. The van der Waals surface area contributed by atoms with Crippen LogP contribution in [0.5, 0.6) is 11.5 Å². The van der Waals surface area contributed by atoms with Crippen LogP contribution in [0, 0.1) is 11.6 Å². The fourth-order valence-electron chi connectivity index (χ4n) is 1.82. The van der Waals surface area contributed by atoms with Crippen LogP contribution in [0.2, 0.25) is 0 Å². The Morgan fingerprint density at radius 1 is 1.10 bits per heavy atom. The van der Waals surface area contributed by atoms with Crippen molar-refractivity contribution in [2.45, 2.75) is 19.9 Å². The number of ether oxygens (including phenoxy) is 1. The summed E-state index contributed by atoms with van der Waals surface area (Å²) in [5, 5.41) is 3.21. The van der Waals surface area contributed by atoms with Crippen LogP contribution < -0.4 is 10.1 Å². The van der Waals surface area contributed by atoms with Gasteiger partial charge in [0, 0.05) is 6.54 Å². The van der Waals surface area contributed by atoms with Crippen LogP contribution >= 0.6 is 15.9 Å². The van der Waals surface area contributed by atoms with E-state index in [-0.39, 0.29) is 11.6 Å². The van der Waals surface area contributed by atoms with Gasteiger partial charge in [0.25, 0.3) is 0 Å². The van der Waals surface area contributed by atoms with Crippen molar-refractivity contribution in [1.82, 2.24) is 5.32 Å². The highest BCUT2D eigenvalue weighted by Gasteiger charge is 2.09. The smallest absolute Gasteiger partial charge is 0.166 e. The van der Waals surface area contributed by atoms with Crippen LogP contribution in [0.15, 0.2) is 40.9 Å². The molecule has 0 atom stereocenters. The maximum Gasteiger partial charge on any atom is 0.166 e. The van der Waals surface area contributed by atoms with Crippen molar-refractivity contribution in [3.63, 3.8) is 0 Å². The first-order valence-electron chi connectivity index (χ1n) is 6.72. The molecule has 0 aliphatic rings. The van der Waals surface area contributed by atoms with Gasteiger partial charge in [-0.25, -0.2) is 8.78 Å². The third kappa shape index (κ3) is 4.51. The fourth-order valence-corrected chi connectivity index (χ4v) is 2.25. The number of rotatable bonds is 6. The summed E-state index contributed by atoms with van der Waals surface area (Å²) < 4.78 is 32.9. The summed E-state index contributed by atoms with van der Waals surface area (Å²) in [5.74, 6) is -0.345. The van der Waals surface area contributed by atoms with Gasteiger partial charge in [-0.3, -0.25) is 0 Å². The fraction of sp³-hybridized carbons (Fsp3) is 0.250. The molecule has 0 aliphatic carbocycles. The molecule has 0 saturated heterocycles. The van der Waals surface area contributed by atoms with Gasteiger partial charge in [-0.15, -0.1) is 0 Å². The molecule has 0 unspecified atom stereocenters. The van der Waals surface area contributed by atoms with Gasteiger partial charge in [-0.2, -0.15) is 0 Å². The van der Waals surface area contributed by atoms with Gasteiger partial charge >= 0.3 is 0 Å². The number of halogens is 3. The zero-order valence-electron chi connectivity index (χ0n) is 11.6. The molecule has 2 nitrogen and oxygen atoms in total. The molecule has 0 aromatic heterocycles. The minimum absolute atomic E-state index is 0.113. The lowest BCUT2D eigenvalue weighted by atomic mass is 10.2. The predicted octanol–water partition coefficient (Wildman–Crippen LogP) is 5.02. The van der Waals surface area contributed by atoms with Crippen LogP contribution in [0.4, 0.5) is 8.78 Å². The third-order valence-electron chi connectivity index (χ3n) is 2.87. The van der Waals surface area contributed by atoms with Crippen molar-refractivity contribution in [3.8, 4) is 11.5 Å². The largest absolute Gasteiger partial charge is 0.453 e. The molecule has 0 radical (unpaired) electrons. The second-order valence-electron chi connectivity index (χ2n) is 4.62. The van der Waals surface area contributed by atoms with Crippen molar-refractivity contribution < 1.29 is 13.5 Å². The standard InChI is InChI=1S/C16H16BrF2NO/c1-2-7-20-10-11-3-5-16(14(19)8-11)21-15-6-4-12(18)9-13(15)17/h3-6,8-9,20H,2,7,10H2,1H3. The molecular weight excluding hydrogens is 340 g/mol. The molecule has 0 amide bonds. The molecule has 0 spiro atoms. The lowest BCUT2D eigenvalue weighted by Gasteiger charge is -2.10. The van der Waals surface area contributed by atoms with E-state index in [9.17, 15) is 8.78 Å². The van der Waals surface area contributed by atoms with Crippen molar-refractivity contribution in [3.05, 3.63) is 58.1 Å². The van der Waals surface area contributed by atoms with E-state index in [2.05, 4.69) is 28.2 Å². The number of hydrogen-bond acceptors (Lipinski definition) is 2. The lowest BCUT2D eigenvalue weighted by Crippen LogP contribution is -2.13.